The molecule has 1 fully saturated rings. The number of halogens is 2. The summed E-state index contributed by atoms with van der Waals surface area (Å²) in [6, 6.07) is 0.0982. The Labute approximate surface area is 90.7 Å². The first-order valence-electron chi connectivity index (χ1n) is 5.79. The largest absolute Gasteiger partial charge is 0.327 e. The Morgan fingerprint density at radius 3 is 2.53 bits per heavy atom. The summed E-state index contributed by atoms with van der Waals surface area (Å²) in [6.07, 6.45) is 6.02. The first-order valence-corrected chi connectivity index (χ1v) is 5.79. The molecule has 0 radical (unpaired) electrons. The first-order chi connectivity index (χ1) is 7.05. The van der Waals surface area contributed by atoms with Crippen molar-refractivity contribution < 1.29 is 8.78 Å². The van der Waals surface area contributed by atoms with Crippen LogP contribution in [0.25, 0.3) is 0 Å². The minimum absolute atomic E-state index is 0.0207. The number of allylic oxidation sites excluding steroid dienone is 1. The topological polar surface area (TPSA) is 26.0 Å². The molecule has 88 valence electrons. The summed E-state index contributed by atoms with van der Waals surface area (Å²) in [5, 5.41) is 0. The average molecular weight is 217 g/mol. The Balaban J connectivity index is 2.23. The van der Waals surface area contributed by atoms with E-state index in [1.807, 2.05) is 6.08 Å². The Kier molecular flexibility index (Phi) is 4.71. The molecular weight excluding hydrogens is 196 g/mol. The van der Waals surface area contributed by atoms with Crippen LogP contribution >= 0.6 is 0 Å². The molecule has 1 nitrogen and oxygen atoms in total. The predicted octanol–water partition coefficient (Wildman–Crippen LogP) is 3.50. The highest BCUT2D eigenvalue weighted by Crippen LogP contribution is 2.37. The Bertz CT molecular complexity index is 194. The molecule has 1 atom stereocenters. The van der Waals surface area contributed by atoms with Gasteiger partial charge in [0.2, 0.25) is 5.92 Å². The smallest absolute Gasteiger partial charge is 0.248 e. The third-order valence-electron chi connectivity index (χ3n) is 3.31. The van der Waals surface area contributed by atoms with Gasteiger partial charge in [-0.3, -0.25) is 0 Å². The molecule has 1 aliphatic rings. The van der Waals surface area contributed by atoms with E-state index in [0.717, 1.165) is 19.3 Å². The van der Waals surface area contributed by atoms with Crippen molar-refractivity contribution in [1.82, 2.24) is 0 Å². The van der Waals surface area contributed by atoms with Gasteiger partial charge in [-0.1, -0.05) is 6.08 Å². The molecule has 0 spiro atoms. The average Bonchev–Trinajstić information content (AvgIpc) is 2.18. The van der Waals surface area contributed by atoms with E-state index >= 15 is 0 Å². The lowest BCUT2D eigenvalue weighted by Gasteiger charge is -2.31. The summed E-state index contributed by atoms with van der Waals surface area (Å²) < 4.78 is 25.8. The molecule has 1 saturated carbocycles. The van der Waals surface area contributed by atoms with E-state index in [2.05, 4.69) is 6.58 Å². The minimum atomic E-state index is -2.43. The number of nitrogens with two attached hydrogens (primary N) is 1. The quantitative estimate of drug-likeness (QED) is 0.553. The molecule has 0 saturated heterocycles. The minimum Gasteiger partial charge on any atom is -0.327 e. The lowest BCUT2D eigenvalue weighted by atomic mass is 9.81. The summed E-state index contributed by atoms with van der Waals surface area (Å²) in [5.41, 5.74) is 6.00. The van der Waals surface area contributed by atoms with Gasteiger partial charge in [-0.05, 0) is 38.0 Å². The molecule has 0 aromatic heterocycles. The van der Waals surface area contributed by atoms with Crippen LogP contribution in [0.15, 0.2) is 12.7 Å². The lowest BCUT2D eigenvalue weighted by Crippen LogP contribution is -2.36. The fourth-order valence-corrected chi connectivity index (χ4v) is 2.22. The van der Waals surface area contributed by atoms with Gasteiger partial charge in [0.25, 0.3) is 0 Å². The zero-order valence-corrected chi connectivity index (χ0v) is 9.22. The molecule has 2 N–H and O–H groups in total. The zero-order valence-electron chi connectivity index (χ0n) is 9.22. The fraction of sp³-hybridized carbons (Fsp3) is 0.833. The molecule has 0 bridgehead atoms. The van der Waals surface area contributed by atoms with E-state index in [9.17, 15) is 8.78 Å². The van der Waals surface area contributed by atoms with Crippen LogP contribution in [-0.2, 0) is 0 Å². The molecule has 15 heavy (non-hydrogen) atoms. The van der Waals surface area contributed by atoms with Crippen LogP contribution in [0.3, 0.4) is 0 Å². The van der Waals surface area contributed by atoms with Crippen LogP contribution in [0.2, 0.25) is 0 Å². The SMILES string of the molecule is C=CCCCC(N)C1CCC(F)(F)CC1. The molecule has 0 amide bonds. The molecule has 1 aliphatic carbocycles. The summed E-state index contributed by atoms with van der Waals surface area (Å²) in [4.78, 5) is 0. The van der Waals surface area contributed by atoms with Crippen molar-refractivity contribution in [3.8, 4) is 0 Å². The monoisotopic (exact) mass is 217 g/mol. The first kappa shape index (κ1) is 12.6. The Morgan fingerprint density at radius 1 is 1.40 bits per heavy atom. The van der Waals surface area contributed by atoms with Crippen LogP contribution in [0.1, 0.15) is 44.9 Å². The second-order valence-electron chi connectivity index (χ2n) is 4.58. The van der Waals surface area contributed by atoms with E-state index in [4.69, 9.17) is 5.73 Å². The predicted molar refractivity (Wildman–Crippen MR) is 58.9 cm³/mol. The van der Waals surface area contributed by atoms with Gasteiger partial charge in [-0.15, -0.1) is 6.58 Å². The maximum absolute atomic E-state index is 12.9. The lowest BCUT2D eigenvalue weighted by molar-refractivity contribution is -0.0484. The summed E-state index contributed by atoms with van der Waals surface area (Å²) in [5.74, 6) is -2.13. The van der Waals surface area contributed by atoms with Gasteiger partial charge in [-0.25, -0.2) is 8.78 Å². The Hall–Kier alpha value is -0.440. The third-order valence-corrected chi connectivity index (χ3v) is 3.31. The van der Waals surface area contributed by atoms with Gasteiger partial charge in [0.15, 0.2) is 0 Å². The maximum Gasteiger partial charge on any atom is 0.248 e. The van der Waals surface area contributed by atoms with Crippen molar-refractivity contribution in [2.45, 2.75) is 56.9 Å². The Morgan fingerprint density at radius 2 is 2.00 bits per heavy atom. The van der Waals surface area contributed by atoms with Crippen molar-refractivity contribution in [3.63, 3.8) is 0 Å². The zero-order chi connectivity index (χ0) is 11.3. The van der Waals surface area contributed by atoms with Crippen LogP contribution in [0.5, 0.6) is 0 Å². The van der Waals surface area contributed by atoms with Crippen molar-refractivity contribution >= 4 is 0 Å². The van der Waals surface area contributed by atoms with Crippen molar-refractivity contribution in [1.29, 1.82) is 0 Å². The maximum atomic E-state index is 12.9. The molecule has 3 heteroatoms. The van der Waals surface area contributed by atoms with Crippen molar-refractivity contribution in [2.75, 3.05) is 0 Å². The van der Waals surface area contributed by atoms with E-state index in [1.54, 1.807) is 0 Å². The van der Waals surface area contributed by atoms with Crippen LogP contribution < -0.4 is 5.73 Å². The molecule has 1 rings (SSSR count). The van der Waals surface area contributed by atoms with Gasteiger partial charge >= 0.3 is 0 Å². The van der Waals surface area contributed by atoms with Gasteiger partial charge in [0.1, 0.15) is 0 Å². The van der Waals surface area contributed by atoms with E-state index in [-0.39, 0.29) is 18.9 Å². The standard InChI is InChI=1S/C12H21F2N/c1-2-3-4-5-11(15)10-6-8-12(13,14)9-7-10/h2,10-11H,1,3-9,15H2. The highest BCUT2D eigenvalue weighted by molar-refractivity contribution is 4.83. The number of hydrogen-bond acceptors (Lipinski definition) is 1. The summed E-state index contributed by atoms with van der Waals surface area (Å²) in [7, 11) is 0. The summed E-state index contributed by atoms with van der Waals surface area (Å²) in [6.45, 7) is 3.65. The van der Waals surface area contributed by atoms with Gasteiger partial charge in [0.05, 0.1) is 0 Å². The number of rotatable bonds is 5. The molecular formula is C12H21F2N. The molecule has 0 aromatic carbocycles. The number of unbranched alkanes of at least 4 members (excludes halogenated alkanes) is 1. The van der Waals surface area contributed by atoms with E-state index < -0.39 is 5.92 Å². The van der Waals surface area contributed by atoms with Crippen LogP contribution in [0.4, 0.5) is 8.78 Å². The van der Waals surface area contributed by atoms with Gasteiger partial charge in [0, 0.05) is 18.9 Å². The highest BCUT2D eigenvalue weighted by Gasteiger charge is 2.36. The number of hydrogen-bond donors (Lipinski definition) is 1. The molecule has 0 aromatic rings. The fourth-order valence-electron chi connectivity index (χ4n) is 2.22. The van der Waals surface area contributed by atoms with Crippen molar-refractivity contribution in [2.24, 2.45) is 11.7 Å². The third kappa shape index (κ3) is 4.29. The molecule has 1 unspecified atom stereocenters. The normalized spacial score (nSPS) is 23.7. The molecule has 0 aliphatic heterocycles. The van der Waals surface area contributed by atoms with Crippen LogP contribution in [0, 0.1) is 5.92 Å². The van der Waals surface area contributed by atoms with Crippen molar-refractivity contribution in [3.05, 3.63) is 12.7 Å². The second kappa shape index (κ2) is 5.59. The van der Waals surface area contributed by atoms with Gasteiger partial charge in [-0.2, -0.15) is 0 Å². The highest BCUT2D eigenvalue weighted by atomic mass is 19.3. The second-order valence-corrected chi connectivity index (χ2v) is 4.58. The van der Waals surface area contributed by atoms with E-state index in [1.165, 1.54) is 0 Å². The van der Waals surface area contributed by atoms with E-state index in [0.29, 0.717) is 18.8 Å². The summed E-state index contributed by atoms with van der Waals surface area (Å²) >= 11 is 0. The number of alkyl halides is 2. The van der Waals surface area contributed by atoms with Gasteiger partial charge < -0.3 is 5.73 Å². The molecule has 0 heterocycles. The van der Waals surface area contributed by atoms with Crippen LogP contribution in [-0.4, -0.2) is 12.0 Å².